The largest absolute Gasteiger partial charge is 0.451 e. The standard InChI is InChI=1S/C20H25N3O4/c1-14-11-23(12-15(2)27-14)19(24)13-26-20(25)17(10-21)9-16-5-7-18(8-6-16)22(3)4/h5-9,14-15H,11-13H2,1-4H3/b17-9+. The normalized spacial score (nSPS) is 20.0. The van der Waals surface area contributed by atoms with Crippen LogP contribution >= 0.6 is 0 Å². The lowest BCUT2D eigenvalue weighted by Gasteiger charge is -2.35. The number of ether oxygens (including phenoxy) is 2. The zero-order chi connectivity index (χ0) is 20.0. The Morgan fingerprint density at radius 3 is 2.37 bits per heavy atom. The quantitative estimate of drug-likeness (QED) is 0.446. The summed E-state index contributed by atoms with van der Waals surface area (Å²) in [7, 11) is 3.85. The van der Waals surface area contributed by atoms with E-state index in [-0.39, 0.29) is 23.7 Å². The fourth-order valence-corrected chi connectivity index (χ4v) is 2.85. The van der Waals surface area contributed by atoms with Gasteiger partial charge in [0.2, 0.25) is 0 Å². The van der Waals surface area contributed by atoms with Crippen molar-refractivity contribution < 1.29 is 19.1 Å². The summed E-state index contributed by atoms with van der Waals surface area (Å²) in [5, 5.41) is 9.24. The molecular formula is C20H25N3O4. The number of nitrogens with zero attached hydrogens (tertiary/aromatic N) is 3. The molecule has 1 aromatic carbocycles. The Bertz CT molecular complexity index is 739. The third kappa shape index (κ3) is 5.83. The fourth-order valence-electron chi connectivity index (χ4n) is 2.85. The molecule has 7 heteroatoms. The Balaban J connectivity index is 1.96. The maximum Gasteiger partial charge on any atom is 0.349 e. The predicted molar refractivity (Wildman–Crippen MR) is 102 cm³/mol. The number of benzene rings is 1. The number of anilines is 1. The molecule has 27 heavy (non-hydrogen) atoms. The second kappa shape index (κ2) is 9.19. The van der Waals surface area contributed by atoms with Crippen LogP contribution < -0.4 is 4.90 Å². The SMILES string of the molecule is CC1CN(C(=O)COC(=O)/C(C#N)=C/c2ccc(N(C)C)cc2)CC(C)O1. The van der Waals surface area contributed by atoms with Crippen LogP contribution in [0.15, 0.2) is 29.8 Å². The number of esters is 1. The smallest absolute Gasteiger partial charge is 0.349 e. The molecule has 0 aromatic heterocycles. The van der Waals surface area contributed by atoms with Crippen LogP contribution in [0.5, 0.6) is 0 Å². The van der Waals surface area contributed by atoms with Gasteiger partial charge < -0.3 is 19.3 Å². The number of hydrogen-bond acceptors (Lipinski definition) is 6. The van der Waals surface area contributed by atoms with Gasteiger partial charge in [-0.25, -0.2) is 4.79 Å². The lowest BCUT2D eigenvalue weighted by molar-refractivity contribution is -0.154. The van der Waals surface area contributed by atoms with Crippen LogP contribution in [0.4, 0.5) is 5.69 Å². The van der Waals surface area contributed by atoms with Crippen molar-refractivity contribution in [3.8, 4) is 6.07 Å². The van der Waals surface area contributed by atoms with E-state index < -0.39 is 12.6 Å². The van der Waals surface area contributed by atoms with E-state index in [0.717, 1.165) is 5.69 Å². The summed E-state index contributed by atoms with van der Waals surface area (Å²) in [4.78, 5) is 28.0. The van der Waals surface area contributed by atoms with Crippen molar-refractivity contribution >= 4 is 23.6 Å². The number of morpholine rings is 1. The first-order chi connectivity index (χ1) is 12.8. The molecular weight excluding hydrogens is 346 g/mol. The van der Waals surface area contributed by atoms with Crippen LogP contribution in [-0.4, -0.2) is 62.8 Å². The summed E-state index contributed by atoms with van der Waals surface area (Å²) in [5.41, 5.74) is 1.56. The molecule has 1 fully saturated rings. The molecule has 1 aromatic rings. The predicted octanol–water partition coefficient (Wildman–Crippen LogP) is 1.84. The van der Waals surface area contributed by atoms with Gasteiger partial charge in [-0.15, -0.1) is 0 Å². The molecule has 2 unspecified atom stereocenters. The average molecular weight is 371 g/mol. The van der Waals surface area contributed by atoms with E-state index in [1.54, 1.807) is 4.90 Å². The van der Waals surface area contributed by atoms with Crippen molar-refractivity contribution in [1.29, 1.82) is 5.26 Å². The highest BCUT2D eigenvalue weighted by atomic mass is 16.5. The first-order valence-electron chi connectivity index (χ1n) is 8.79. The van der Waals surface area contributed by atoms with Crippen molar-refractivity contribution in [2.24, 2.45) is 0 Å². The molecule has 1 aliphatic heterocycles. The van der Waals surface area contributed by atoms with Crippen LogP contribution in [0.25, 0.3) is 6.08 Å². The minimum atomic E-state index is -0.808. The molecule has 1 aliphatic rings. The topological polar surface area (TPSA) is 82.9 Å². The summed E-state index contributed by atoms with van der Waals surface area (Å²) in [5.74, 6) is -1.10. The van der Waals surface area contributed by atoms with E-state index in [1.807, 2.05) is 63.2 Å². The molecule has 1 amide bonds. The summed E-state index contributed by atoms with van der Waals surface area (Å²) in [6.45, 7) is 4.30. The molecule has 2 atom stereocenters. The highest BCUT2D eigenvalue weighted by Crippen LogP contribution is 2.15. The van der Waals surface area contributed by atoms with E-state index in [1.165, 1.54) is 6.08 Å². The van der Waals surface area contributed by atoms with Gasteiger partial charge in [0.1, 0.15) is 11.6 Å². The van der Waals surface area contributed by atoms with Crippen molar-refractivity contribution in [2.45, 2.75) is 26.1 Å². The van der Waals surface area contributed by atoms with Crippen molar-refractivity contribution in [3.63, 3.8) is 0 Å². The molecule has 1 saturated heterocycles. The zero-order valence-corrected chi connectivity index (χ0v) is 16.1. The lowest BCUT2D eigenvalue weighted by Crippen LogP contribution is -2.49. The fraction of sp³-hybridized carbons (Fsp3) is 0.450. The highest BCUT2D eigenvalue weighted by molar-refractivity contribution is 5.98. The molecule has 0 spiro atoms. The third-order valence-electron chi connectivity index (χ3n) is 4.16. The summed E-state index contributed by atoms with van der Waals surface area (Å²) >= 11 is 0. The van der Waals surface area contributed by atoms with Gasteiger partial charge in [-0.1, -0.05) is 12.1 Å². The Morgan fingerprint density at radius 1 is 1.26 bits per heavy atom. The summed E-state index contributed by atoms with van der Waals surface area (Å²) < 4.78 is 10.6. The maximum absolute atomic E-state index is 12.3. The van der Waals surface area contributed by atoms with E-state index >= 15 is 0 Å². The second-order valence-corrected chi connectivity index (χ2v) is 6.79. The minimum absolute atomic E-state index is 0.0619. The minimum Gasteiger partial charge on any atom is -0.451 e. The number of carbonyl (C=O) groups excluding carboxylic acids is 2. The van der Waals surface area contributed by atoms with Crippen molar-refractivity contribution in [1.82, 2.24) is 4.90 Å². The maximum atomic E-state index is 12.3. The Labute approximate surface area is 159 Å². The van der Waals surface area contributed by atoms with E-state index in [9.17, 15) is 14.9 Å². The van der Waals surface area contributed by atoms with Crippen LogP contribution in [0.3, 0.4) is 0 Å². The van der Waals surface area contributed by atoms with Crippen molar-refractivity contribution in [3.05, 3.63) is 35.4 Å². The third-order valence-corrected chi connectivity index (χ3v) is 4.16. The average Bonchev–Trinajstić information content (AvgIpc) is 2.63. The highest BCUT2D eigenvalue weighted by Gasteiger charge is 2.26. The van der Waals surface area contributed by atoms with Gasteiger partial charge in [-0.2, -0.15) is 5.26 Å². The number of nitriles is 1. The summed E-state index contributed by atoms with van der Waals surface area (Å²) in [6, 6.07) is 9.22. The molecule has 1 heterocycles. The van der Waals surface area contributed by atoms with E-state index in [0.29, 0.717) is 18.7 Å². The second-order valence-electron chi connectivity index (χ2n) is 6.79. The van der Waals surface area contributed by atoms with Crippen LogP contribution in [-0.2, 0) is 19.1 Å². The van der Waals surface area contributed by atoms with Gasteiger partial charge in [0.25, 0.3) is 5.91 Å². The van der Waals surface area contributed by atoms with Crippen LogP contribution in [0.1, 0.15) is 19.4 Å². The van der Waals surface area contributed by atoms with Gasteiger partial charge in [0.05, 0.1) is 12.2 Å². The number of carbonyl (C=O) groups is 2. The van der Waals surface area contributed by atoms with Crippen LogP contribution in [0, 0.1) is 11.3 Å². The molecule has 7 nitrogen and oxygen atoms in total. The van der Waals surface area contributed by atoms with Gasteiger partial charge in [0.15, 0.2) is 6.61 Å². The van der Waals surface area contributed by atoms with Gasteiger partial charge in [-0.3, -0.25) is 4.79 Å². The number of rotatable bonds is 5. The molecule has 0 N–H and O–H groups in total. The Morgan fingerprint density at radius 2 is 1.85 bits per heavy atom. The van der Waals surface area contributed by atoms with Crippen molar-refractivity contribution in [2.75, 3.05) is 38.7 Å². The zero-order valence-electron chi connectivity index (χ0n) is 16.1. The number of hydrogen-bond donors (Lipinski definition) is 0. The molecule has 0 bridgehead atoms. The molecule has 2 rings (SSSR count). The molecule has 0 aliphatic carbocycles. The Kier molecular flexibility index (Phi) is 6.97. The number of amides is 1. The van der Waals surface area contributed by atoms with Crippen LogP contribution in [0.2, 0.25) is 0 Å². The molecule has 0 radical (unpaired) electrons. The first kappa shape index (κ1) is 20.5. The van der Waals surface area contributed by atoms with E-state index in [4.69, 9.17) is 9.47 Å². The molecule has 0 saturated carbocycles. The van der Waals surface area contributed by atoms with Gasteiger partial charge in [-0.05, 0) is 37.6 Å². The van der Waals surface area contributed by atoms with E-state index in [2.05, 4.69) is 0 Å². The molecule has 144 valence electrons. The summed E-state index contributed by atoms with van der Waals surface area (Å²) in [6.07, 6.45) is 1.33. The monoisotopic (exact) mass is 371 g/mol. The first-order valence-corrected chi connectivity index (χ1v) is 8.79. The Hall–Kier alpha value is -2.85. The van der Waals surface area contributed by atoms with Gasteiger partial charge >= 0.3 is 5.97 Å². The van der Waals surface area contributed by atoms with Gasteiger partial charge in [0, 0.05) is 32.9 Å². The lowest BCUT2D eigenvalue weighted by atomic mass is 10.1.